The number of pyridine rings is 1. The molecule has 0 fully saturated rings. The fraction of sp³-hybridized carbons (Fsp3) is 0.364. The van der Waals surface area contributed by atoms with Gasteiger partial charge in [-0.25, -0.2) is 0 Å². The Morgan fingerprint density at radius 3 is 2.94 bits per heavy atom. The zero-order valence-electron chi connectivity index (χ0n) is 9.93. The summed E-state index contributed by atoms with van der Waals surface area (Å²) < 4.78 is 0. The van der Waals surface area contributed by atoms with Gasteiger partial charge in [0.15, 0.2) is 0 Å². The molecular formula is C11H16N4OS. The number of hydrogen-bond acceptors (Lipinski definition) is 4. The first-order valence-corrected chi connectivity index (χ1v) is 5.57. The molecule has 1 aromatic heterocycles. The van der Waals surface area contributed by atoms with Crippen molar-refractivity contribution >= 4 is 23.1 Å². The minimum absolute atomic E-state index is 0.0175. The number of nitrogens with zero attached hydrogens (tertiary/aromatic N) is 2. The van der Waals surface area contributed by atoms with Crippen LogP contribution >= 0.6 is 12.2 Å². The van der Waals surface area contributed by atoms with Crippen LogP contribution in [0.15, 0.2) is 18.3 Å². The van der Waals surface area contributed by atoms with Gasteiger partial charge in [-0.15, -0.1) is 0 Å². The topological polar surface area (TPSA) is 71.2 Å². The van der Waals surface area contributed by atoms with Gasteiger partial charge in [-0.3, -0.25) is 14.7 Å². The lowest BCUT2D eigenvalue weighted by Crippen LogP contribution is -2.32. The van der Waals surface area contributed by atoms with E-state index in [4.69, 9.17) is 18.0 Å². The maximum absolute atomic E-state index is 11.2. The summed E-state index contributed by atoms with van der Waals surface area (Å²) in [5, 5.41) is 2.58. The van der Waals surface area contributed by atoms with Gasteiger partial charge < -0.3 is 11.1 Å². The molecule has 0 aliphatic rings. The third-order valence-electron chi connectivity index (χ3n) is 2.22. The van der Waals surface area contributed by atoms with Gasteiger partial charge >= 0.3 is 0 Å². The van der Waals surface area contributed by atoms with Crippen LogP contribution in [0.1, 0.15) is 11.3 Å². The van der Waals surface area contributed by atoms with Gasteiger partial charge in [-0.1, -0.05) is 12.2 Å². The van der Waals surface area contributed by atoms with E-state index in [-0.39, 0.29) is 10.9 Å². The highest BCUT2D eigenvalue weighted by molar-refractivity contribution is 7.80. The molecule has 5 nitrogen and oxygen atoms in total. The predicted molar refractivity (Wildman–Crippen MR) is 70.5 cm³/mol. The molecular weight excluding hydrogens is 236 g/mol. The van der Waals surface area contributed by atoms with Crippen molar-refractivity contribution < 1.29 is 4.79 Å². The predicted octanol–water partition coefficient (Wildman–Crippen LogP) is -0.106. The molecule has 0 aliphatic carbocycles. The molecule has 1 rings (SSSR count). The fourth-order valence-corrected chi connectivity index (χ4v) is 1.51. The second-order valence-corrected chi connectivity index (χ2v) is 4.20. The number of thiocarbonyl (C=S) groups is 1. The van der Waals surface area contributed by atoms with Crippen LogP contribution in [0.4, 0.5) is 0 Å². The van der Waals surface area contributed by atoms with Crippen molar-refractivity contribution in [3.63, 3.8) is 0 Å². The summed E-state index contributed by atoms with van der Waals surface area (Å²) in [5.74, 6) is -0.0175. The molecule has 1 aromatic rings. The molecule has 17 heavy (non-hydrogen) atoms. The monoisotopic (exact) mass is 252 g/mol. The van der Waals surface area contributed by atoms with Gasteiger partial charge in [0.25, 0.3) is 0 Å². The molecule has 1 heterocycles. The van der Waals surface area contributed by atoms with E-state index in [0.717, 1.165) is 5.56 Å². The van der Waals surface area contributed by atoms with E-state index >= 15 is 0 Å². The van der Waals surface area contributed by atoms with Crippen molar-refractivity contribution in [3.05, 3.63) is 29.6 Å². The lowest BCUT2D eigenvalue weighted by molar-refractivity contribution is -0.121. The third kappa shape index (κ3) is 4.46. The Morgan fingerprint density at radius 2 is 2.35 bits per heavy atom. The molecule has 0 unspecified atom stereocenters. The molecule has 0 radical (unpaired) electrons. The Bertz CT molecular complexity index is 422. The van der Waals surface area contributed by atoms with E-state index in [9.17, 15) is 4.79 Å². The number of likely N-dealkylation sites (N-methyl/N-ethyl adjacent to an activating group) is 2. The lowest BCUT2D eigenvalue weighted by atomic mass is 10.2. The zero-order chi connectivity index (χ0) is 12.8. The van der Waals surface area contributed by atoms with Gasteiger partial charge in [0.2, 0.25) is 5.91 Å². The SMILES string of the molecule is CNC(=O)CN(C)Cc1ccnc(C(N)=S)c1. The van der Waals surface area contributed by atoms with Crippen molar-refractivity contribution in [1.29, 1.82) is 0 Å². The maximum Gasteiger partial charge on any atom is 0.233 e. The van der Waals surface area contributed by atoms with Crippen LogP contribution in [0.5, 0.6) is 0 Å². The van der Waals surface area contributed by atoms with Crippen LogP contribution in [0, 0.1) is 0 Å². The number of carbonyl (C=O) groups is 1. The first-order chi connectivity index (χ1) is 8.02. The summed E-state index contributed by atoms with van der Waals surface area (Å²) in [6.45, 7) is 0.993. The lowest BCUT2D eigenvalue weighted by Gasteiger charge is -2.15. The Balaban J connectivity index is 2.65. The summed E-state index contributed by atoms with van der Waals surface area (Å²) in [6, 6.07) is 3.71. The summed E-state index contributed by atoms with van der Waals surface area (Å²) in [6.07, 6.45) is 1.66. The first-order valence-electron chi connectivity index (χ1n) is 5.16. The number of carbonyl (C=O) groups excluding carboxylic acids is 1. The molecule has 0 aromatic carbocycles. The molecule has 0 spiro atoms. The summed E-state index contributed by atoms with van der Waals surface area (Å²) in [4.78, 5) is 17.4. The largest absolute Gasteiger partial charge is 0.388 e. The van der Waals surface area contributed by atoms with Gasteiger partial charge in [0, 0.05) is 19.8 Å². The third-order valence-corrected chi connectivity index (χ3v) is 2.43. The standard InChI is InChI=1S/C11H16N4OS/c1-13-10(16)7-15(2)6-8-3-4-14-9(5-8)11(12)17/h3-5H,6-7H2,1-2H3,(H2,12,17)(H,13,16). The van der Waals surface area contributed by atoms with E-state index in [1.165, 1.54) is 0 Å². The van der Waals surface area contributed by atoms with E-state index in [2.05, 4.69) is 10.3 Å². The Hall–Kier alpha value is -1.53. The average molecular weight is 252 g/mol. The number of rotatable bonds is 5. The minimum Gasteiger partial charge on any atom is -0.388 e. The summed E-state index contributed by atoms with van der Waals surface area (Å²) >= 11 is 4.86. The van der Waals surface area contributed by atoms with E-state index < -0.39 is 0 Å². The number of amides is 1. The average Bonchev–Trinajstić information content (AvgIpc) is 2.28. The van der Waals surface area contributed by atoms with Gasteiger partial charge in [0.1, 0.15) is 4.99 Å². The van der Waals surface area contributed by atoms with Gasteiger partial charge in [0.05, 0.1) is 12.2 Å². The highest BCUT2D eigenvalue weighted by Crippen LogP contribution is 2.04. The van der Waals surface area contributed by atoms with Crippen molar-refractivity contribution in [3.8, 4) is 0 Å². The maximum atomic E-state index is 11.2. The molecule has 0 bridgehead atoms. The molecule has 1 amide bonds. The molecule has 0 atom stereocenters. The van der Waals surface area contributed by atoms with Crippen LogP contribution in [-0.4, -0.2) is 41.4 Å². The zero-order valence-corrected chi connectivity index (χ0v) is 10.8. The molecule has 0 saturated carbocycles. The van der Waals surface area contributed by atoms with E-state index in [0.29, 0.717) is 18.8 Å². The number of aromatic nitrogens is 1. The highest BCUT2D eigenvalue weighted by atomic mass is 32.1. The van der Waals surface area contributed by atoms with Gasteiger partial charge in [-0.05, 0) is 24.7 Å². The summed E-state index contributed by atoms with van der Waals surface area (Å²) in [5.41, 5.74) is 7.13. The van der Waals surface area contributed by atoms with E-state index in [1.807, 2.05) is 24.1 Å². The Labute approximate surface area is 106 Å². The molecule has 92 valence electrons. The van der Waals surface area contributed by atoms with Gasteiger partial charge in [-0.2, -0.15) is 0 Å². The number of hydrogen-bond donors (Lipinski definition) is 2. The summed E-state index contributed by atoms with van der Waals surface area (Å²) in [7, 11) is 3.49. The second-order valence-electron chi connectivity index (χ2n) is 3.76. The molecule has 3 N–H and O–H groups in total. The fourth-order valence-electron chi connectivity index (χ4n) is 1.40. The van der Waals surface area contributed by atoms with Crippen molar-refractivity contribution in [1.82, 2.24) is 15.2 Å². The van der Waals surface area contributed by atoms with E-state index in [1.54, 1.807) is 13.2 Å². The van der Waals surface area contributed by atoms with Crippen molar-refractivity contribution in [2.24, 2.45) is 5.73 Å². The quantitative estimate of drug-likeness (QED) is 0.716. The van der Waals surface area contributed by atoms with Crippen LogP contribution in [0.3, 0.4) is 0 Å². The van der Waals surface area contributed by atoms with Crippen molar-refractivity contribution in [2.75, 3.05) is 20.6 Å². The highest BCUT2D eigenvalue weighted by Gasteiger charge is 2.06. The van der Waals surface area contributed by atoms with Crippen LogP contribution < -0.4 is 11.1 Å². The molecule has 0 aliphatic heterocycles. The van der Waals surface area contributed by atoms with Crippen LogP contribution in [-0.2, 0) is 11.3 Å². The number of nitrogens with two attached hydrogens (primary N) is 1. The Morgan fingerprint density at radius 1 is 1.65 bits per heavy atom. The molecule has 0 saturated heterocycles. The minimum atomic E-state index is -0.0175. The second kappa shape index (κ2) is 6.27. The number of nitrogens with one attached hydrogen (secondary N) is 1. The van der Waals surface area contributed by atoms with Crippen molar-refractivity contribution in [2.45, 2.75) is 6.54 Å². The Kier molecular flexibility index (Phi) is 4.99. The molecule has 6 heteroatoms. The van der Waals surface area contributed by atoms with Crippen LogP contribution in [0.2, 0.25) is 0 Å². The first kappa shape index (κ1) is 13.5. The van der Waals surface area contributed by atoms with Crippen LogP contribution in [0.25, 0.3) is 0 Å². The normalized spacial score (nSPS) is 10.3. The smallest absolute Gasteiger partial charge is 0.233 e.